The number of nitro benzene ring substituents is 1. The highest BCUT2D eigenvalue weighted by atomic mass is 16.6. The summed E-state index contributed by atoms with van der Waals surface area (Å²) in [6, 6.07) is 6.37. The standard InChI is InChI=1S/C14H15N7O3/c22-5-4-15-14-19-12(11-13(20-14)18-8-17-11)16-7-9-2-1-3-10(6-9)21(23)24/h1-3,6,8,22H,4-5,7H2,(H3,15,16,17,18,19,20). The van der Waals surface area contributed by atoms with E-state index in [9.17, 15) is 10.1 Å². The number of benzene rings is 1. The minimum atomic E-state index is -0.432. The molecule has 4 N–H and O–H groups in total. The molecule has 0 fully saturated rings. The Morgan fingerprint density at radius 1 is 1.29 bits per heavy atom. The SMILES string of the molecule is O=[N+]([O-])c1cccc(CNc2nc(NCCO)nc3nc[nH]c23)c1. The van der Waals surface area contributed by atoms with Gasteiger partial charge in [0.1, 0.15) is 5.52 Å². The first-order valence-electron chi connectivity index (χ1n) is 7.20. The van der Waals surface area contributed by atoms with E-state index in [1.807, 2.05) is 0 Å². The second kappa shape index (κ2) is 6.87. The maximum atomic E-state index is 10.8. The molecule has 24 heavy (non-hydrogen) atoms. The Bertz CT molecular complexity index is 864. The number of hydrogen-bond donors (Lipinski definition) is 4. The number of nitrogens with zero attached hydrogens (tertiary/aromatic N) is 4. The van der Waals surface area contributed by atoms with Crippen LogP contribution in [0.1, 0.15) is 5.56 Å². The van der Waals surface area contributed by atoms with Crippen LogP contribution in [-0.2, 0) is 6.54 Å². The second-order valence-electron chi connectivity index (χ2n) is 4.93. The highest BCUT2D eigenvalue weighted by Gasteiger charge is 2.11. The molecule has 10 nitrogen and oxygen atoms in total. The molecular formula is C14H15N7O3. The number of H-pyrrole nitrogens is 1. The summed E-state index contributed by atoms with van der Waals surface area (Å²) >= 11 is 0. The highest BCUT2D eigenvalue weighted by Crippen LogP contribution is 2.20. The van der Waals surface area contributed by atoms with Gasteiger partial charge < -0.3 is 20.7 Å². The zero-order valence-corrected chi connectivity index (χ0v) is 12.6. The van der Waals surface area contributed by atoms with Gasteiger partial charge in [-0.15, -0.1) is 0 Å². The summed E-state index contributed by atoms with van der Waals surface area (Å²) in [6.07, 6.45) is 1.51. The van der Waals surface area contributed by atoms with Crippen molar-refractivity contribution >= 4 is 28.6 Å². The van der Waals surface area contributed by atoms with E-state index in [0.717, 1.165) is 5.56 Å². The van der Waals surface area contributed by atoms with Crippen molar-refractivity contribution in [3.8, 4) is 0 Å². The van der Waals surface area contributed by atoms with Crippen LogP contribution in [0, 0.1) is 10.1 Å². The summed E-state index contributed by atoms with van der Waals surface area (Å²) in [5, 5.41) is 25.7. The van der Waals surface area contributed by atoms with Crippen molar-refractivity contribution < 1.29 is 10.0 Å². The Kier molecular flexibility index (Phi) is 4.47. The van der Waals surface area contributed by atoms with Crippen LogP contribution in [-0.4, -0.2) is 43.1 Å². The van der Waals surface area contributed by atoms with Crippen molar-refractivity contribution in [2.45, 2.75) is 6.54 Å². The lowest BCUT2D eigenvalue weighted by Gasteiger charge is -2.09. The maximum absolute atomic E-state index is 10.8. The fourth-order valence-corrected chi connectivity index (χ4v) is 2.17. The molecule has 0 radical (unpaired) electrons. The van der Waals surface area contributed by atoms with Crippen molar-refractivity contribution in [1.29, 1.82) is 0 Å². The molecule has 0 bridgehead atoms. The molecule has 0 aliphatic carbocycles. The highest BCUT2D eigenvalue weighted by molar-refractivity contribution is 5.83. The third-order valence-electron chi connectivity index (χ3n) is 3.26. The Morgan fingerprint density at radius 2 is 2.17 bits per heavy atom. The van der Waals surface area contributed by atoms with Crippen molar-refractivity contribution in [1.82, 2.24) is 19.9 Å². The van der Waals surface area contributed by atoms with Gasteiger partial charge in [-0.3, -0.25) is 10.1 Å². The number of anilines is 2. The molecule has 3 aromatic rings. The van der Waals surface area contributed by atoms with E-state index in [0.29, 0.717) is 36.0 Å². The lowest BCUT2D eigenvalue weighted by Crippen LogP contribution is -2.11. The van der Waals surface area contributed by atoms with Gasteiger partial charge in [0.2, 0.25) is 5.95 Å². The quantitative estimate of drug-likeness (QED) is 0.375. The number of fused-ring (bicyclic) bond motifs is 1. The van der Waals surface area contributed by atoms with Gasteiger partial charge in [-0.1, -0.05) is 12.1 Å². The molecule has 124 valence electrons. The summed E-state index contributed by atoms with van der Waals surface area (Å²) in [4.78, 5) is 26.0. The Labute approximate surface area is 136 Å². The van der Waals surface area contributed by atoms with Gasteiger partial charge in [0.05, 0.1) is 17.9 Å². The summed E-state index contributed by atoms with van der Waals surface area (Å²) in [5.74, 6) is 0.856. The zero-order valence-electron chi connectivity index (χ0n) is 12.6. The van der Waals surface area contributed by atoms with Gasteiger partial charge in [0.25, 0.3) is 5.69 Å². The number of non-ortho nitro benzene ring substituents is 1. The molecule has 0 aliphatic heterocycles. The largest absolute Gasteiger partial charge is 0.395 e. The average Bonchev–Trinajstić information content (AvgIpc) is 3.06. The van der Waals surface area contributed by atoms with Crippen LogP contribution in [0.25, 0.3) is 11.2 Å². The molecule has 10 heteroatoms. The van der Waals surface area contributed by atoms with Crippen LogP contribution in [0.5, 0.6) is 0 Å². The zero-order chi connectivity index (χ0) is 16.9. The summed E-state index contributed by atoms with van der Waals surface area (Å²) in [7, 11) is 0. The number of aromatic nitrogens is 4. The van der Waals surface area contributed by atoms with Gasteiger partial charge in [-0.05, 0) is 5.56 Å². The van der Waals surface area contributed by atoms with Crippen molar-refractivity contribution in [2.24, 2.45) is 0 Å². The molecule has 0 saturated heterocycles. The van der Waals surface area contributed by atoms with E-state index in [2.05, 4.69) is 30.6 Å². The molecule has 0 atom stereocenters. The predicted molar refractivity (Wildman–Crippen MR) is 87.7 cm³/mol. The second-order valence-corrected chi connectivity index (χ2v) is 4.93. The Balaban J connectivity index is 1.82. The number of nitrogens with one attached hydrogen (secondary N) is 3. The first kappa shape index (κ1) is 15.6. The number of hydrogen-bond acceptors (Lipinski definition) is 8. The van der Waals surface area contributed by atoms with Crippen LogP contribution in [0.2, 0.25) is 0 Å². The molecule has 0 saturated carbocycles. The normalized spacial score (nSPS) is 10.7. The van der Waals surface area contributed by atoms with E-state index in [-0.39, 0.29) is 12.3 Å². The summed E-state index contributed by atoms with van der Waals surface area (Å²) in [5.41, 5.74) is 1.90. The van der Waals surface area contributed by atoms with Gasteiger partial charge in [-0.2, -0.15) is 9.97 Å². The molecule has 0 spiro atoms. The molecule has 2 heterocycles. The molecule has 1 aromatic carbocycles. The lowest BCUT2D eigenvalue weighted by atomic mass is 10.2. The summed E-state index contributed by atoms with van der Waals surface area (Å²) < 4.78 is 0. The molecule has 3 rings (SSSR count). The number of aliphatic hydroxyl groups is 1. The van der Waals surface area contributed by atoms with Crippen LogP contribution < -0.4 is 10.6 Å². The molecule has 0 amide bonds. The fourth-order valence-electron chi connectivity index (χ4n) is 2.17. The van der Waals surface area contributed by atoms with Gasteiger partial charge in [-0.25, -0.2) is 4.98 Å². The van der Waals surface area contributed by atoms with Crippen molar-refractivity contribution in [3.63, 3.8) is 0 Å². The monoisotopic (exact) mass is 329 g/mol. The minimum absolute atomic E-state index is 0.0361. The van der Waals surface area contributed by atoms with Crippen LogP contribution in [0.15, 0.2) is 30.6 Å². The van der Waals surface area contributed by atoms with E-state index < -0.39 is 4.92 Å². The van der Waals surface area contributed by atoms with Gasteiger partial charge >= 0.3 is 0 Å². The van der Waals surface area contributed by atoms with Crippen molar-refractivity contribution in [3.05, 3.63) is 46.3 Å². The minimum Gasteiger partial charge on any atom is -0.395 e. The molecule has 0 unspecified atom stereocenters. The van der Waals surface area contributed by atoms with E-state index >= 15 is 0 Å². The predicted octanol–water partition coefficient (Wildman–Crippen LogP) is 1.28. The van der Waals surface area contributed by atoms with Crippen LogP contribution in [0.3, 0.4) is 0 Å². The number of nitro groups is 1. The third-order valence-corrected chi connectivity index (χ3v) is 3.26. The van der Waals surface area contributed by atoms with Gasteiger partial charge in [0, 0.05) is 25.2 Å². The molecule has 0 aliphatic rings. The van der Waals surface area contributed by atoms with E-state index in [1.54, 1.807) is 12.1 Å². The fraction of sp³-hybridized carbons (Fsp3) is 0.214. The summed E-state index contributed by atoms with van der Waals surface area (Å²) in [6.45, 7) is 0.630. The average molecular weight is 329 g/mol. The Morgan fingerprint density at radius 3 is 2.96 bits per heavy atom. The Hall–Kier alpha value is -3.27. The number of aromatic amines is 1. The topological polar surface area (TPSA) is 142 Å². The van der Waals surface area contributed by atoms with E-state index in [1.165, 1.54) is 18.5 Å². The lowest BCUT2D eigenvalue weighted by molar-refractivity contribution is -0.384. The number of imidazole rings is 1. The number of aliphatic hydroxyl groups excluding tert-OH is 1. The van der Waals surface area contributed by atoms with E-state index in [4.69, 9.17) is 5.11 Å². The van der Waals surface area contributed by atoms with Crippen LogP contribution in [0.4, 0.5) is 17.5 Å². The first-order valence-corrected chi connectivity index (χ1v) is 7.20. The van der Waals surface area contributed by atoms with Gasteiger partial charge in [0.15, 0.2) is 11.5 Å². The van der Waals surface area contributed by atoms with Crippen LogP contribution >= 0.6 is 0 Å². The smallest absolute Gasteiger partial charge is 0.269 e. The third kappa shape index (κ3) is 3.38. The molecule has 2 aromatic heterocycles. The van der Waals surface area contributed by atoms with Crippen molar-refractivity contribution in [2.75, 3.05) is 23.8 Å². The molecular weight excluding hydrogens is 314 g/mol. The first-order chi connectivity index (χ1) is 11.7. The maximum Gasteiger partial charge on any atom is 0.269 e. The number of rotatable bonds is 7.